The summed E-state index contributed by atoms with van der Waals surface area (Å²) in [4.78, 5) is 13.2. The minimum atomic E-state index is -3.42. The van der Waals surface area contributed by atoms with Gasteiger partial charge in [0.2, 0.25) is 10.0 Å². The molecule has 0 aromatic carbocycles. The molecule has 0 atom stereocenters. The van der Waals surface area contributed by atoms with Crippen LogP contribution < -0.4 is 10.1 Å². The number of alkyl halides is 1. The lowest BCUT2D eigenvalue weighted by molar-refractivity contribution is 0.176. The molecule has 8 heteroatoms. The van der Waals surface area contributed by atoms with E-state index in [1.54, 1.807) is 0 Å². The summed E-state index contributed by atoms with van der Waals surface area (Å²) < 4.78 is 21.8. The molecule has 1 aliphatic rings. The van der Waals surface area contributed by atoms with E-state index in [1.807, 2.05) is 0 Å². The van der Waals surface area contributed by atoms with Gasteiger partial charge in [0.25, 0.3) is 0 Å². The molecule has 0 bridgehead atoms. The van der Waals surface area contributed by atoms with Gasteiger partial charge in [0, 0.05) is 13.1 Å². The van der Waals surface area contributed by atoms with Gasteiger partial charge in [-0.2, -0.15) is 0 Å². The molecule has 1 rings (SSSR count). The van der Waals surface area contributed by atoms with Gasteiger partial charge in [0.1, 0.15) is 4.66 Å². The predicted molar refractivity (Wildman–Crippen MR) is 50.6 cm³/mol. The number of nitrogens with one attached hydrogen (secondary N) is 2. The summed E-state index contributed by atoms with van der Waals surface area (Å²) in [6.45, 7) is 0.990. The van der Waals surface area contributed by atoms with E-state index in [0.717, 1.165) is 11.4 Å². The minimum absolute atomic E-state index is 0.218. The Hall–Kier alpha value is -0.340. The maximum absolute atomic E-state index is 11.1. The Morgan fingerprint density at radius 1 is 1.62 bits per heavy atom. The molecule has 0 aliphatic carbocycles. The largest absolute Gasteiger partial charge is 0.337 e. The van der Waals surface area contributed by atoms with Gasteiger partial charge in [-0.25, -0.2) is 18.2 Å². The number of halogens is 1. The van der Waals surface area contributed by atoms with Gasteiger partial charge >= 0.3 is 6.03 Å². The third kappa shape index (κ3) is 3.12. The van der Waals surface area contributed by atoms with Crippen LogP contribution in [0.2, 0.25) is 0 Å². The van der Waals surface area contributed by atoms with Crippen LogP contribution in [0.25, 0.3) is 0 Å². The molecule has 0 aromatic heterocycles. The van der Waals surface area contributed by atoms with Crippen LogP contribution in [0, 0.1) is 0 Å². The third-order valence-corrected chi connectivity index (χ3v) is 4.07. The fourth-order valence-corrected chi connectivity index (χ4v) is 1.77. The molecule has 0 saturated carbocycles. The van der Waals surface area contributed by atoms with Crippen LogP contribution in [0.5, 0.6) is 0 Å². The fourth-order valence-electron chi connectivity index (χ4n) is 0.909. The molecule has 2 N–H and O–H groups in total. The first-order valence-electron chi connectivity index (χ1n) is 3.66. The molecule has 0 unspecified atom stereocenters. The monoisotopic (exact) mass is 271 g/mol. The van der Waals surface area contributed by atoms with Crippen molar-refractivity contribution >= 4 is 32.0 Å². The molecule has 1 saturated heterocycles. The third-order valence-electron chi connectivity index (χ3n) is 1.47. The Balaban J connectivity index is 2.57. The van der Waals surface area contributed by atoms with Crippen molar-refractivity contribution in [3.05, 3.63) is 0 Å². The first kappa shape index (κ1) is 10.7. The zero-order chi connectivity index (χ0) is 9.90. The number of sulfonamides is 1. The SMILES string of the molecule is O=C1NCCCN1NS(=O)(=O)CBr. The molecule has 1 fully saturated rings. The van der Waals surface area contributed by atoms with E-state index in [2.05, 4.69) is 26.1 Å². The second-order valence-electron chi connectivity index (χ2n) is 2.55. The average Bonchev–Trinajstić information content (AvgIpc) is 2.09. The van der Waals surface area contributed by atoms with Crippen molar-refractivity contribution < 1.29 is 13.2 Å². The number of amides is 2. The van der Waals surface area contributed by atoms with E-state index in [9.17, 15) is 13.2 Å². The van der Waals surface area contributed by atoms with Crippen LogP contribution in [-0.4, -0.2) is 37.2 Å². The highest BCUT2D eigenvalue weighted by Gasteiger charge is 2.21. The van der Waals surface area contributed by atoms with E-state index in [4.69, 9.17) is 0 Å². The summed E-state index contributed by atoms with van der Waals surface area (Å²) in [6, 6.07) is -0.407. The number of rotatable bonds is 3. The zero-order valence-corrected chi connectivity index (χ0v) is 9.19. The lowest BCUT2D eigenvalue weighted by atomic mass is 10.4. The maximum atomic E-state index is 11.1. The molecule has 0 radical (unpaired) electrons. The normalized spacial score (nSPS) is 18.5. The first-order valence-corrected chi connectivity index (χ1v) is 6.44. The van der Waals surface area contributed by atoms with Crippen LogP contribution >= 0.6 is 15.9 Å². The number of carbonyl (C=O) groups excluding carboxylic acids is 1. The average molecular weight is 272 g/mol. The molecular weight excluding hydrogens is 262 g/mol. The van der Waals surface area contributed by atoms with Crippen molar-refractivity contribution in [1.82, 2.24) is 15.2 Å². The number of nitrogens with zero attached hydrogens (tertiary/aromatic N) is 1. The van der Waals surface area contributed by atoms with Crippen LogP contribution in [0.4, 0.5) is 4.79 Å². The van der Waals surface area contributed by atoms with Crippen LogP contribution in [0.1, 0.15) is 6.42 Å². The quantitative estimate of drug-likeness (QED) is 0.685. The Morgan fingerprint density at radius 3 is 2.85 bits per heavy atom. The van der Waals surface area contributed by atoms with E-state index in [0.29, 0.717) is 13.1 Å². The Labute approximate surface area is 84.8 Å². The molecule has 0 spiro atoms. The highest BCUT2D eigenvalue weighted by atomic mass is 79.9. The van der Waals surface area contributed by atoms with E-state index in [-0.39, 0.29) is 4.66 Å². The summed E-state index contributed by atoms with van der Waals surface area (Å²) in [5.41, 5.74) is 0. The summed E-state index contributed by atoms with van der Waals surface area (Å²) in [5, 5.41) is 3.58. The second kappa shape index (κ2) is 4.25. The van der Waals surface area contributed by atoms with Crippen molar-refractivity contribution in [2.75, 3.05) is 17.8 Å². The highest BCUT2D eigenvalue weighted by molar-refractivity contribution is 9.10. The van der Waals surface area contributed by atoms with Crippen LogP contribution in [-0.2, 0) is 10.0 Å². The molecule has 1 heterocycles. The van der Waals surface area contributed by atoms with E-state index < -0.39 is 16.1 Å². The van der Waals surface area contributed by atoms with E-state index >= 15 is 0 Å². The minimum Gasteiger partial charge on any atom is -0.337 e. The van der Waals surface area contributed by atoms with Gasteiger partial charge in [-0.3, -0.25) is 0 Å². The fraction of sp³-hybridized carbons (Fsp3) is 0.800. The second-order valence-corrected chi connectivity index (χ2v) is 5.56. The topological polar surface area (TPSA) is 78.5 Å². The molecule has 2 amide bonds. The number of hydrogen-bond acceptors (Lipinski definition) is 3. The number of urea groups is 1. The van der Waals surface area contributed by atoms with Gasteiger partial charge in [-0.15, -0.1) is 4.83 Å². The zero-order valence-electron chi connectivity index (χ0n) is 6.79. The van der Waals surface area contributed by atoms with Gasteiger partial charge < -0.3 is 5.32 Å². The van der Waals surface area contributed by atoms with Crippen LogP contribution in [0.15, 0.2) is 0 Å². The number of hydrazine groups is 1. The van der Waals surface area contributed by atoms with E-state index in [1.165, 1.54) is 0 Å². The van der Waals surface area contributed by atoms with Crippen molar-refractivity contribution in [3.63, 3.8) is 0 Å². The molecule has 6 nitrogen and oxygen atoms in total. The summed E-state index contributed by atoms with van der Waals surface area (Å²) in [5.74, 6) is 0. The summed E-state index contributed by atoms with van der Waals surface area (Å²) >= 11 is 2.81. The first-order chi connectivity index (χ1) is 6.05. The van der Waals surface area contributed by atoms with Crippen molar-refractivity contribution in [2.45, 2.75) is 6.42 Å². The van der Waals surface area contributed by atoms with Crippen LogP contribution in [0.3, 0.4) is 0 Å². The molecule has 0 aromatic rings. The Kier molecular flexibility index (Phi) is 3.51. The smallest absolute Gasteiger partial charge is 0.332 e. The maximum Gasteiger partial charge on any atom is 0.332 e. The van der Waals surface area contributed by atoms with Gasteiger partial charge in [0.05, 0.1) is 0 Å². The highest BCUT2D eigenvalue weighted by Crippen LogP contribution is 1.99. The number of hydrogen-bond donors (Lipinski definition) is 2. The molecule has 76 valence electrons. The standard InChI is InChI=1S/C5H10BrN3O3S/c6-4-13(11,12)8-9-3-1-2-7-5(9)10/h8H,1-4H2,(H,7,10). The van der Waals surface area contributed by atoms with Gasteiger partial charge in [-0.05, 0) is 6.42 Å². The Bertz CT molecular complexity index is 291. The van der Waals surface area contributed by atoms with Crippen molar-refractivity contribution in [3.8, 4) is 0 Å². The predicted octanol–water partition coefficient (Wildman–Crippen LogP) is -0.411. The molecule has 13 heavy (non-hydrogen) atoms. The summed E-state index contributed by atoms with van der Waals surface area (Å²) in [6.07, 6.45) is 0.733. The van der Waals surface area contributed by atoms with Crippen molar-refractivity contribution in [1.29, 1.82) is 0 Å². The van der Waals surface area contributed by atoms with Gasteiger partial charge in [0.15, 0.2) is 0 Å². The molecular formula is C5H10BrN3O3S. The number of carbonyl (C=O) groups is 1. The lowest BCUT2D eigenvalue weighted by Gasteiger charge is -2.26. The van der Waals surface area contributed by atoms with Gasteiger partial charge in [-0.1, -0.05) is 15.9 Å². The Morgan fingerprint density at radius 2 is 2.31 bits per heavy atom. The summed E-state index contributed by atoms with van der Waals surface area (Å²) in [7, 11) is -3.42. The van der Waals surface area contributed by atoms with Crippen molar-refractivity contribution in [2.24, 2.45) is 0 Å². The lowest BCUT2D eigenvalue weighted by Crippen LogP contribution is -2.54. The molecule has 1 aliphatic heterocycles.